The number of nitrogens with zero attached hydrogens (tertiary/aromatic N) is 16. The lowest BCUT2D eigenvalue weighted by molar-refractivity contribution is -0.735. The Labute approximate surface area is 527 Å². The average molecular weight is 1240 g/mol. The molecule has 6 saturated carbocycles. The van der Waals surface area contributed by atoms with Crippen molar-refractivity contribution in [3.8, 4) is 105 Å². The van der Waals surface area contributed by atoms with E-state index in [0.29, 0.717) is 123 Å². The molecular formula is C67H63N16O9+. The molecule has 9 fully saturated rings. The van der Waals surface area contributed by atoms with Gasteiger partial charge in [0.25, 0.3) is 17.7 Å². The van der Waals surface area contributed by atoms with Crippen LogP contribution < -0.4 is 4.68 Å². The first-order valence-electron chi connectivity index (χ1n) is 31.9. The normalized spacial score (nSPS) is 24.4. The second kappa shape index (κ2) is 22.3. The summed E-state index contributed by atoms with van der Waals surface area (Å²) in [7, 11) is 0. The monoisotopic (exact) mass is 1240 g/mol. The van der Waals surface area contributed by atoms with E-state index in [0.717, 1.165) is 97.6 Å². The third kappa shape index (κ3) is 11.8. The maximum Gasteiger partial charge on any atom is 0.408 e. The summed E-state index contributed by atoms with van der Waals surface area (Å²) in [4.78, 5) is 4.70. The molecule has 464 valence electrons. The lowest BCUT2D eigenvalue weighted by atomic mass is 10.0. The van der Waals surface area contributed by atoms with E-state index >= 15 is 0 Å². The van der Waals surface area contributed by atoms with Crippen LogP contribution in [0.25, 0.3) is 69.2 Å². The van der Waals surface area contributed by atoms with Crippen molar-refractivity contribution in [1.29, 1.82) is 0 Å². The fourth-order valence-corrected chi connectivity index (χ4v) is 12.3. The van der Waals surface area contributed by atoms with Crippen molar-refractivity contribution in [2.75, 3.05) is 39.6 Å². The van der Waals surface area contributed by atoms with E-state index in [9.17, 15) is 0 Å². The zero-order chi connectivity index (χ0) is 61.0. The van der Waals surface area contributed by atoms with Gasteiger partial charge in [-0.25, -0.2) is 19.0 Å². The van der Waals surface area contributed by atoms with Crippen LogP contribution in [-0.2, 0) is 54.6 Å². The van der Waals surface area contributed by atoms with Gasteiger partial charge in [0.15, 0.2) is 36.0 Å². The topological polar surface area (TPSA) is 268 Å². The van der Waals surface area contributed by atoms with Crippen molar-refractivity contribution in [2.24, 2.45) is 45.8 Å². The third-order valence-corrected chi connectivity index (χ3v) is 19.2. The van der Waals surface area contributed by atoms with Gasteiger partial charge < -0.3 is 41.7 Å². The molecule has 4 unspecified atom stereocenters. The molecule has 92 heavy (non-hydrogen) atoms. The summed E-state index contributed by atoms with van der Waals surface area (Å²) in [6, 6.07) is 16.1. The van der Waals surface area contributed by atoms with Crippen LogP contribution in [0, 0.1) is 88.3 Å². The summed E-state index contributed by atoms with van der Waals surface area (Å²) in [6.07, 6.45) is 17.1. The molecule has 2 aromatic carbocycles. The van der Waals surface area contributed by atoms with E-state index in [1.165, 1.54) is 0 Å². The van der Waals surface area contributed by atoms with Gasteiger partial charge in [-0.05, 0) is 136 Å². The minimum absolute atomic E-state index is 0.185. The average Bonchev–Trinajstić information content (AvgIpc) is 1.64. The number of pyridine rings is 1. The molecule has 3 aliphatic heterocycles. The zero-order valence-electron chi connectivity index (χ0n) is 50.5. The number of aromatic nitrogens is 16. The van der Waals surface area contributed by atoms with Crippen LogP contribution in [0.5, 0.6) is 0 Å². The Hall–Kier alpha value is -9.13. The summed E-state index contributed by atoms with van der Waals surface area (Å²) >= 11 is 0. The Balaban J connectivity index is 0.575. The Morgan fingerprint density at radius 3 is 1.53 bits per heavy atom. The Bertz CT molecular complexity index is 4480. The minimum Gasteiger partial charge on any atom is -0.414 e. The van der Waals surface area contributed by atoms with Gasteiger partial charge >= 0.3 is 11.8 Å². The van der Waals surface area contributed by atoms with E-state index < -0.39 is 12.6 Å². The van der Waals surface area contributed by atoms with Crippen molar-refractivity contribution in [2.45, 2.75) is 116 Å². The standard InChI is InChI=1S/C67H63N16O9/c1-40-22-44(26-68-58(40)63-75-74-61(91-63)53-29-81(78-70-53)32-56-86-36-66(18-19-66)37-87-56)10-14-47-25-50(47)49-24-46(49)13-8-43-9-15-48(51(23-43)59-72-73-60(90-59)52-28-80(77-69-52)31-55-84-34-65(16-17-65)35-85-55)27-83-64(45-11-6-42(7-12-45)5-4-41-2-3-41)92-62(76-83)54-30-82(79-71-54)33-57-88-38-67(20-21-67)39-89-57/h6-7,9,11-12,15,22-23,26,28-30,41,46-47,49-50,55-57H,2-3,16-21,24-25,27,31-39H2,1H3/q+1. The highest BCUT2D eigenvalue weighted by atomic mass is 16.7. The Kier molecular flexibility index (Phi) is 13.5. The minimum atomic E-state index is -0.420. The molecule has 0 radical (unpaired) electrons. The maximum absolute atomic E-state index is 6.66. The molecule has 4 atom stereocenters. The maximum atomic E-state index is 6.66. The molecule has 18 rings (SSSR count). The fourth-order valence-electron chi connectivity index (χ4n) is 12.3. The molecular weight excluding hydrogens is 1170 g/mol. The first-order valence-corrected chi connectivity index (χ1v) is 31.9. The largest absolute Gasteiger partial charge is 0.414 e. The zero-order valence-corrected chi connectivity index (χ0v) is 50.5. The van der Waals surface area contributed by atoms with Gasteiger partial charge in [-0.3, -0.25) is 0 Å². The Morgan fingerprint density at radius 2 is 1.00 bits per heavy atom. The summed E-state index contributed by atoms with van der Waals surface area (Å²) in [5.41, 5.74) is 8.25. The molecule has 10 heterocycles. The van der Waals surface area contributed by atoms with Gasteiger partial charge in [0.2, 0.25) is 12.4 Å². The van der Waals surface area contributed by atoms with E-state index in [2.05, 4.69) is 86.9 Å². The van der Waals surface area contributed by atoms with Gasteiger partial charge in [0, 0.05) is 73.1 Å². The number of rotatable bonds is 15. The van der Waals surface area contributed by atoms with Crippen LogP contribution in [0.15, 0.2) is 86.6 Å². The van der Waals surface area contributed by atoms with E-state index in [-0.39, 0.29) is 58.6 Å². The summed E-state index contributed by atoms with van der Waals surface area (Å²) < 4.78 is 62.1. The Morgan fingerprint density at radius 1 is 0.511 bits per heavy atom. The molecule has 9 aliphatic rings. The first-order chi connectivity index (χ1) is 45.1. The molecule has 7 aromatic heterocycles. The van der Waals surface area contributed by atoms with Gasteiger partial charge in [-0.2, -0.15) is 0 Å². The summed E-state index contributed by atoms with van der Waals surface area (Å²) in [6.45, 7) is 7.58. The highest BCUT2D eigenvalue weighted by Crippen LogP contribution is 2.57. The van der Waals surface area contributed by atoms with Crippen LogP contribution in [0.4, 0.5) is 0 Å². The van der Waals surface area contributed by atoms with E-state index in [1.807, 2.05) is 60.1 Å². The van der Waals surface area contributed by atoms with Crippen LogP contribution in [-0.4, -0.2) is 134 Å². The predicted molar refractivity (Wildman–Crippen MR) is 319 cm³/mol. The highest BCUT2D eigenvalue weighted by molar-refractivity contribution is 5.64. The van der Waals surface area contributed by atoms with Gasteiger partial charge in [0.05, 0.1) is 83.4 Å². The summed E-state index contributed by atoms with van der Waals surface area (Å²) in [5.74, 6) is 24.5. The van der Waals surface area contributed by atoms with Crippen molar-refractivity contribution >= 4 is 0 Å². The molecule has 3 saturated heterocycles. The molecule has 6 aliphatic carbocycles. The SMILES string of the molecule is Cc1cc(C#CC2CC2C2CC2C#Cc2ccc(C[n+]3nc(-c4cn(CC5OCC6(CC6)CO5)nn4)oc3-c3ccc(C#CC4CC4)cc3)c(-c3nnc(-c4cn(CC5OCC6(CC6)CO5)nn4)o3)c2)cnc1-c1nnc(-c2cn(CC3OCC4(CC4)CO3)nn2)o1. The molecule has 3 spiro atoms. The number of aryl methyl sites for hydroxylation is 1. The van der Waals surface area contributed by atoms with Crippen LogP contribution in [0.2, 0.25) is 0 Å². The highest BCUT2D eigenvalue weighted by Gasteiger charge is 2.53. The van der Waals surface area contributed by atoms with Crippen molar-refractivity contribution in [3.05, 3.63) is 101 Å². The smallest absolute Gasteiger partial charge is 0.408 e. The van der Waals surface area contributed by atoms with E-state index in [1.54, 1.807) is 38.8 Å². The molecule has 25 nitrogen and oxygen atoms in total. The number of ether oxygens (including phenoxy) is 6. The number of hydrogen-bond acceptors (Lipinski definition) is 21. The van der Waals surface area contributed by atoms with Crippen LogP contribution >= 0.6 is 0 Å². The second-order valence-corrected chi connectivity index (χ2v) is 26.8. The number of benzene rings is 2. The quantitative estimate of drug-likeness (QED) is 0.0728. The molecule has 0 bridgehead atoms. The lowest BCUT2D eigenvalue weighted by Gasteiger charge is -2.29. The predicted octanol–water partition coefficient (Wildman–Crippen LogP) is 7.15. The fraction of sp³-hybridized carbons (Fsp3) is 0.478. The van der Waals surface area contributed by atoms with Crippen molar-refractivity contribution < 1.29 is 46.4 Å². The molecule has 0 N–H and O–H groups in total. The van der Waals surface area contributed by atoms with Gasteiger partial charge in [-0.1, -0.05) is 57.2 Å². The summed E-state index contributed by atoms with van der Waals surface area (Å²) in [5, 5.41) is 48.9. The lowest BCUT2D eigenvalue weighted by Crippen LogP contribution is -2.38. The van der Waals surface area contributed by atoms with Crippen molar-refractivity contribution in [1.82, 2.24) is 75.5 Å². The van der Waals surface area contributed by atoms with E-state index in [4.69, 9.17) is 51.8 Å². The first kappa shape index (κ1) is 55.7. The molecule has 9 aromatic rings. The second-order valence-electron chi connectivity index (χ2n) is 26.8. The van der Waals surface area contributed by atoms with Crippen LogP contribution in [0.1, 0.15) is 92.0 Å². The van der Waals surface area contributed by atoms with Crippen LogP contribution in [0.3, 0.4) is 0 Å². The van der Waals surface area contributed by atoms with Gasteiger partial charge in [0.1, 0.15) is 5.69 Å². The third-order valence-electron chi connectivity index (χ3n) is 19.2. The number of hydrogen-bond donors (Lipinski definition) is 0. The molecule has 25 heteroatoms. The van der Waals surface area contributed by atoms with Gasteiger partial charge in [-0.15, -0.1) is 35.7 Å². The van der Waals surface area contributed by atoms with Crippen molar-refractivity contribution in [3.63, 3.8) is 0 Å². The molecule has 0 amide bonds.